The zero-order chi connectivity index (χ0) is 12.3. The smallest absolute Gasteiger partial charge is 0.150 e. The highest BCUT2D eigenvalue weighted by molar-refractivity contribution is 7.99. The van der Waals surface area contributed by atoms with Crippen LogP contribution in [0.1, 0.15) is 10.4 Å². The monoisotopic (exact) mass is 250 g/mol. The Kier molecular flexibility index (Phi) is 3.54. The van der Waals surface area contributed by atoms with Gasteiger partial charge in [0.1, 0.15) is 17.9 Å². The first-order valence-electron chi connectivity index (χ1n) is 4.86. The summed E-state index contributed by atoms with van der Waals surface area (Å²) in [5, 5.41) is 0. The van der Waals surface area contributed by atoms with Crippen LogP contribution in [0.15, 0.2) is 52.3 Å². The Morgan fingerprint density at radius 2 is 1.59 bits per heavy atom. The van der Waals surface area contributed by atoms with E-state index in [0.717, 1.165) is 4.90 Å². The summed E-state index contributed by atoms with van der Waals surface area (Å²) >= 11 is 1.27. The highest BCUT2D eigenvalue weighted by Crippen LogP contribution is 2.28. The van der Waals surface area contributed by atoms with E-state index >= 15 is 0 Å². The fraction of sp³-hybridized carbons (Fsp3) is 0. The molecule has 0 radical (unpaired) electrons. The average Bonchev–Trinajstić information content (AvgIpc) is 2.31. The first-order chi connectivity index (χ1) is 8.17. The Bertz CT molecular complexity index is 538. The second kappa shape index (κ2) is 5.10. The molecule has 0 fully saturated rings. The van der Waals surface area contributed by atoms with Gasteiger partial charge in [0.25, 0.3) is 0 Å². The minimum Gasteiger partial charge on any atom is -0.298 e. The minimum atomic E-state index is -0.459. The van der Waals surface area contributed by atoms with E-state index in [-0.39, 0.29) is 11.4 Å². The normalized spacial score (nSPS) is 10.2. The van der Waals surface area contributed by atoms with Crippen molar-refractivity contribution in [3.63, 3.8) is 0 Å². The highest BCUT2D eigenvalue weighted by atomic mass is 32.2. The molecule has 86 valence electrons. The summed E-state index contributed by atoms with van der Waals surface area (Å²) in [5.41, 5.74) is 0.287. The summed E-state index contributed by atoms with van der Waals surface area (Å²) in [5.74, 6) is -0.776. The number of rotatable bonds is 3. The van der Waals surface area contributed by atoms with E-state index in [1.165, 1.54) is 36.0 Å². The van der Waals surface area contributed by atoms with Gasteiger partial charge in [-0.3, -0.25) is 4.79 Å². The standard InChI is InChI=1S/C13H8F2OS/c14-10-1-3-12(4-2-10)17-13-6-9(8-16)5-11(15)7-13/h1-8H. The van der Waals surface area contributed by atoms with Crippen molar-refractivity contribution in [2.24, 2.45) is 0 Å². The molecule has 0 aliphatic rings. The number of hydrogen-bond donors (Lipinski definition) is 0. The van der Waals surface area contributed by atoms with E-state index in [9.17, 15) is 13.6 Å². The molecule has 0 aliphatic carbocycles. The molecule has 0 aromatic heterocycles. The third-order valence-electron chi connectivity index (χ3n) is 2.08. The van der Waals surface area contributed by atoms with Crippen LogP contribution in [0.5, 0.6) is 0 Å². The number of carbonyl (C=O) groups excluding carboxylic acids is 1. The maximum atomic E-state index is 13.1. The predicted molar refractivity (Wildman–Crippen MR) is 62.3 cm³/mol. The van der Waals surface area contributed by atoms with Gasteiger partial charge >= 0.3 is 0 Å². The van der Waals surface area contributed by atoms with Crippen LogP contribution in [0.4, 0.5) is 8.78 Å². The maximum absolute atomic E-state index is 13.1. The SMILES string of the molecule is O=Cc1cc(F)cc(Sc2ccc(F)cc2)c1. The molecule has 0 unspecified atom stereocenters. The Labute approximate surface area is 101 Å². The molecule has 2 rings (SSSR count). The minimum absolute atomic E-state index is 0.287. The van der Waals surface area contributed by atoms with Crippen LogP contribution in [-0.4, -0.2) is 6.29 Å². The van der Waals surface area contributed by atoms with Gasteiger partial charge in [0.05, 0.1) is 0 Å². The average molecular weight is 250 g/mol. The van der Waals surface area contributed by atoms with Crippen LogP contribution in [0.2, 0.25) is 0 Å². The van der Waals surface area contributed by atoms with E-state index in [2.05, 4.69) is 0 Å². The molecular weight excluding hydrogens is 242 g/mol. The number of aldehydes is 1. The van der Waals surface area contributed by atoms with Crippen molar-refractivity contribution in [1.29, 1.82) is 0 Å². The fourth-order valence-corrected chi connectivity index (χ4v) is 2.26. The van der Waals surface area contributed by atoms with Crippen molar-refractivity contribution in [1.82, 2.24) is 0 Å². The van der Waals surface area contributed by atoms with Gasteiger partial charge < -0.3 is 0 Å². The molecule has 0 spiro atoms. The van der Waals surface area contributed by atoms with Crippen LogP contribution >= 0.6 is 11.8 Å². The third kappa shape index (κ3) is 3.14. The summed E-state index contributed by atoms with van der Waals surface area (Å²) in [4.78, 5) is 12.0. The quantitative estimate of drug-likeness (QED) is 0.768. The van der Waals surface area contributed by atoms with Crippen LogP contribution in [-0.2, 0) is 0 Å². The summed E-state index contributed by atoms with van der Waals surface area (Å²) in [6.45, 7) is 0. The third-order valence-corrected chi connectivity index (χ3v) is 3.06. The summed E-state index contributed by atoms with van der Waals surface area (Å²) in [7, 11) is 0. The van der Waals surface area contributed by atoms with E-state index in [4.69, 9.17) is 0 Å². The van der Waals surface area contributed by atoms with E-state index in [0.29, 0.717) is 11.2 Å². The van der Waals surface area contributed by atoms with Crippen molar-refractivity contribution >= 4 is 18.0 Å². The first kappa shape index (κ1) is 11.8. The lowest BCUT2D eigenvalue weighted by Gasteiger charge is -2.02. The van der Waals surface area contributed by atoms with Gasteiger partial charge in [0.2, 0.25) is 0 Å². The Morgan fingerprint density at radius 1 is 0.882 bits per heavy atom. The van der Waals surface area contributed by atoms with E-state index < -0.39 is 5.82 Å². The molecule has 17 heavy (non-hydrogen) atoms. The van der Waals surface area contributed by atoms with Gasteiger partial charge in [-0.05, 0) is 42.5 Å². The highest BCUT2D eigenvalue weighted by Gasteiger charge is 2.02. The molecule has 0 bridgehead atoms. The first-order valence-corrected chi connectivity index (χ1v) is 5.68. The predicted octanol–water partition coefficient (Wildman–Crippen LogP) is 3.93. The van der Waals surface area contributed by atoms with Gasteiger partial charge in [-0.1, -0.05) is 11.8 Å². The summed E-state index contributed by atoms with van der Waals surface area (Å²) in [6.07, 6.45) is 0.595. The molecule has 0 atom stereocenters. The lowest BCUT2D eigenvalue weighted by Crippen LogP contribution is -1.84. The molecule has 0 heterocycles. The lowest BCUT2D eigenvalue weighted by molar-refractivity contribution is 0.112. The lowest BCUT2D eigenvalue weighted by atomic mass is 10.2. The van der Waals surface area contributed by atoms with Crippen LogP contribution in [0, 0.1) is 11.6 Å². The molecule has 0 saturated carbocycles. The van der Waals surface area contributed by atoms with Crippen LogP contribution in [0.3, 0.4) is 0 Å². The maximum Gasteiger partial charge on any atom is 0.150 e. The number of halogens is 2. The number of carbonyl (C=O) groups is 1. The van der Waals surface area contributed by atoms with Crippen molar-refractivity contribution < 1.29 is 13.6 Å². The molecule has 0 amide bonds. The zero-order valence-corrected chi connectivity index (χ0v) is 9.51. The van der Waals surface area contributed by atoms with Gasteiger partial charge in [-0.2, -0.15) is 0 Å². The van der Waals surface area contributed by atoms with Crippen molar-refractivity contribution in [3.8, 4) is 0 Å². The van der Waals surface area contributed by atoms with Gasteiger partial charge in [0, 0.05) is 15.4 Å². The summed E-state index contributed by atoms with van der Waals surface area (Å²) in [6, 6.07) is 9.97. The summed E-state index contributed by atoms with van der Waals surface area (Å²) < 4.78 is 25.8. The van der Waals surface area contributed by atoms with Gasteiger partial charge in [-0.15, -0.1) is 0 Å². The number of benzene rings is 2. The second-order valence-electron chi connectivity index (χ2n) is 3.39. The largest absolute Gasteiger partial charge is 0.298 e. The molecule has 1 nitrogen and oxygen atoms in total. The Hall–Kier alpha value is -1.68. The molecular formula is C13H8F2OS. The van der Waals surface area contributed by atoms with Crippen molar-refractivity contribution in [3.05, 3.63) is 59.7 Å². The molecule has 2 aromatic carbocycles. The second-order valence-corrected chi connectivity index (χ2v) is 4.54. The molecule has 0 N–H and O–H groups in total. The molecule has 0 aliphatic heterocycles. The van der Waals surface area contributed by atoms with E-state index in [1.807, 2.05) is 0 Å². The zero-order valence-electron chi connectivity index (χ0n) is 8.69. The molecule has 4 heteroatoms. The van der Waals surface area contributed by atoms with Crippen LogP contribution < -0.4 is 0 Å². The Balaban J connectivity index is 2.26. The van der Waals surface area contributed by atoms with Gasteiger partial charge in [0.15, 0.2) is 0 Å². The Morgan fingerprint density at radius 3 is 2.24 bits per heavy atom. The van der Waals surface area contributed by atoms with Crippen molar-refractivity contribution in [2.75, 3.05) is 0 Å². The van der Waals surface area contributed by atoms with Crippen molar-refractivity contribution in [2.45, 2.75) is 9.79 Å². The van der Waals surface area contributed by atoms with E-state index in [1.54, 1.807) is 18.2 Å². The topological polar surface area (TPSA) is 17.1 Å². The fourth-order valence-electron chi connectivity index (χ4n) is 1.35. The van der Waals surface area contributed by atoms with Gasteiger partial charge in [-0.25, -0.2) is 8.78 Å². The molecule has 2 aromatic rings. The molecule has 0 saturated heterocycles. The van der Waals surface area contributed by atoms with Crippen LogP contribution in [0.25, 0.3) is 0 Å². The number of hydrogen-bond acceptors (Lipinski definition) is 2.